The summed E-state index contributed by atoms with van der Waals surface area (Å²) >= 11 is 0. The molecule has 1 aromatic heterocycles. The van der Waals surface area contributed by atoms with Gasteiger partial charge in [-0.1, -0.05) is 30.3 Å². The third-order valence-corrected chi connectivity index (χ3v) is 4.75. The van der Waals surface area contributed by atoms with Crippen LogP contribution in [0.5, 0.6) is 5.75 Å². The molecule has 3 aromatic rings. The molecule has 1 heterocycles. The van der Waals surface area contributed by atoms with E-state index in [1.807, 2.05) is 56.3 Å². The number of fused-ring (bicyclic) bond motifs is 1. The number of benzene rings is 2. The molecular weight excluding hydrogens is 328 g/mol. The van der Waals surface area contributed by atoms with Gasteiger partial charge in [0.15, 0.2) is 11.9 Å². The van der Waals surface area contributed by atoms with Crippen LogP contribution in [0.2, 0.25) is 0 Å². The Bertz CT molecular complexity index is 1020. The molecule has 4 nitrogen and oxygen atoms in total. The summed E-state index contributed by atoms with van der Waals surface area (Å²) in [4.78, 5) is 24.0. The average molecular weight is 350 g/mol. The zero-order chi connectivity index (χ0) is 18.8. The first-order valence-electron chi connectivity index (χ1n) is 8.65. The van der Waals surface area contributed by atoms with E-state index in [1.54, 1.807) is 6.92 Å². The first-order valence-corrected chi connectivity index (χ1v) is 8.65. The van der Waals surface area contributed by atoms with Crippen LogP contribution in [-0.4, -0.2) is 11.9 Å². The van der Waals surface area contributed by atoms with Crippen molar-refractivity contribution in [3.8, 4) is 5.75 Å². The Balaban J connectivity index is 2.07. The fraction of sp³-hybridized carbons (Fsp3) is 0.273. The zero-order valence-electron chi connectivity index (χ0n) is 15.5. The fourth-order valence-corrected chi connectivity index (χ4v) is 2.98. The summed E-state index contributed by atoms with van der Waals surface area (Å²) in [6, 6.07) is 13.6. The number of carbonyl (C=O) groups is 1. The van der Waals surface area contributed by atoms with Crippen LogP contribution in [0.4, 0.5) is 0 Å². The standard InChI is InChI=1S/C22H22O4/c1-13-18-10-11-20(25-16(4)15(3)23)14(2)21(18)26-22(24)19(13)12-17-8-6-5-7-9-17/h5-11,16H,12H2,1-4H3. The van der Waals surface area contributed by atoms with Gasteiger partial charge in [0.05, 0.1) is 0 Å². The van der Waals surface area contributed by atoms with Crippen molar-refractivity contribution >= 4 is 16.8 Å². The Hall–Kier alpha value is -2.88. The summed E-state index contributed by atoms with van der Waals surface area (Å²) < 4.78 is 11.3. The van der Waals surface area contributed by atoms with E-state index in [9.17, 15) is 9.59 Å². The Morgan fingerprint density at radius 3 is 2.42 bits per heavy atom. The molecule has 0 spiro atoms. The molecule has 0 aliphatic rings. The molecule has 0 bridgehead atoms. The molecule has 0 saturated carbocycles. The number of ketones is 1. The van der Waals surface area contributed by atoms with Gasteiger partial charge in [-0.05, 0) is 51.0 Å². The second-order valence-corrected chi connectivity index (χ2v) is 6.59. The van der Waals surface area contributed by atoms with Crippen molar-refractivity contribution < 1.29 is 13.9 Å². The van der Waals surface area contributed by atoms with Crippen LogP contribution in [0.25, 0.3) is 11.0 Å². The van der Waals surface area contributed by atoms with Crippen LogP contribution in [0.1, 0.15) is 36.1 Å². The molecule has 4 heteroatoms. The van der Waals surface area contributed by atoms with E-state index in [0.29, 0.717) is 23.3 Å². The van der Waals surface area contributed by atoms with Gasteiger partial charge in [-0.25, -0.2) is 4.79 Å². The van der Waals surface area contributed by atoms with Gasteiger partial charge in [-0.3, -0.25) is 4.79 Å². The Morgan fingerprint density at radius 2 is 1.77 bits per heavy atom. The van der Waals surface area contributed by atoms with Gasteiger partial charge in [0.1, 0.15) is 11.3 Å². The maximum absolute atomic E-state index is 12.6. The Morgan fingerprint density at radius 1 is 1.08 bits per heavy atom. The molecule has 2 aromatic carbocycles. The number of ether oxygens (including phenoxy) is 1. The minimum atomic E-state index is -0.545. The van der Waals surface area contributed by atoms with Gasteiger partial charge in [-0.2, -0.15) is 0 Å². The van der Waals surface area contributed by atoms with Gasteiger partial charge in [0.25, 0.3) is 0 Å². The van der Waals surface area contributed by atoms with Crippen molar-refractivity contribution in [1.82, 2.24) is 0 Å². The molecule has 0 aliphatic heterocycles. The number of carbonyl (C=O) groups excluding carboxylic acids is 1. The number of hydrogen-bond donors (Lipinski definition) is 0. The summed E-state index contributed by atoms with van der Waals surface area (Å²) in [6.45, 7) is 6.97. The third-order valence-electron chi connectivity index (χ3n) is 4.75. The molecule has 0 amide bonds. The summed E-state index contributed by atoms with van der Waals surface area (Å²) in [6.07, 6.45) is -0.0137. The predicted octanol–water partition coefficient (Wildman–Crippen LogP) is 4.36. The van der Waals surface area contributed by atoms with Crippen LogP contribution in [0.15, 0.2) is 51.7 Å². The monoisotopic (exact) mass is 350 g/mol. The van der Waals surface area contributed by atoms with E-state index in [4.69, 9.17) is 9.15 Å². The van der Waals surface area contributed by atoms with Crippen LogP contribution in [0.3, 0.4) is 0 Å². The molecule has 26 heavy (non-hydrogen) atoms. The normalized spacial score (nSPS) is 12.2. The average Bonchev–Trinajstić information content (AvgIpc) is 2.62. The lowest BCUT2D eigenvalue weighted by Crippen LogP contribution is -2.21. The highest BCUT2D eigenvalue weighted by Crippen LogP contribution is 2.30. The van der Waals surface area contributed by atoms with E-state index in [2.05, 4.69) is 0 Å². The van der Waals surface area contributed by atoms with Crippen molar-refractivity contribution in [2.45, 2.75) is 40.2 Å². The van der Waals surface area contributed by atoms with Crippen LogP contribution in [0, 0.1) is 13.8 Å². The lowest BCUT2D eigenvalue weighted by molar-refractivity contribution is -0.122. The molecule has 0 radical (unpaired) electrons. The Kier molecular flexibility index (Phi) is 4.94. The highest BCUT2D eigenvalue weighted by molar-refractivity contribution is 5.86. The number of Topliss-reactive ketones (excluding diaryl/α,β-unsaturated/α-hetero) is 1. The second kappa shape index (κ2) is 7.16. The smallest absolute Gasteiger partial charge is 0.340 e. The van der Waals surface area contributed by atoms with Crippen molar-refractivity contribution in [2.75, 3.05) is 0 Å². The summed E-state index contributed by atoms with van der Waals surface area (Å²) in [5.41, 5.74) is 3.54. The van der Waals surface area contributed by atoms with Gasteiger partial charge >= 0.3 is 5.63 Å². The van der Waals surface area contributed by atoms with Crippen LogP contribution in [-0.2, 0) is 11.2 Å². The molecule has 134 valence electrons. The van der Waals surface area contributed by atoms with Crippen molar-refractivity contribution in [2.24, 2.45) is 0 Å². The molecule has 1 atom stereocenters. The molecule has 0 aliphatic carbocycles. The third kappa shape index (κ3) is 3.40. The minimum Gasteiger partial charge on any atom is -0.483 e. The molecule has 0 fully saturated rings. The lowest BCUT2D eigenvalue weighted by Gasteiger charge is -2.16. The quantitative estimate of drug-likeness (QED) is 0.642. The SMILES string of the molecule is CC(=O)C(C)Oc1ccc2c(C)c(Cc3ccccc3)c(=O)oc2c1C. The first-order chi connectivity index (χ1) is 12.4. The number of rotatable bonds is 5. The maximum Gasteiger partial charge on any atom is 0.340 e. The van der Waals surface area contributed by atoms with E-state index < -0.39 is 6.10 Å². The van der Waals surface area contributed by atoms with Gasteiger partial charge in [0, 0.05) is 22.9 Å². The van der Waals surface area contributed by atoms with Crippen LogP contribution >= 0.6 is 0 Å². The van der Waals surface area contributed by atoms with E-state index in [-0.39, 0.29) is 11.4 Å². The fourth-order valence-electron chi connectivity index (χ4n) is 2.98. The topological polar surface area (TPSA) is 56.5 Å². The predicted molar refractivity (Wildman–Crippen MR) is 102 cm³/mol. The molecule has 3 rings (SSSR count). The number of aryl methyl sites for hydroxylation is 2. The molecule has 0 N–H and O–H groups in total. The highest BCUT2D eigenvalue weighted by Gasteiger charge is 2.17. The zero-order valence-corrected chi connectivity index (χ0v) is 15.5. The van der Waals surface area contributed by atoms with Crippen molar-refractivity contribution in [1.29, 1.82) is 0 Å². The minimum absolute atomic E-state index is 0.0552. The van der Waals surface area contributed by atoms with E-state index in [1.165, 1.54) is 6.92 Å². The first kappa shape index (κ1) is 17.9. The van der Waals surface area contributed by atoms with Gasteiger partial charge in [-0.15, -0.1) is 0 Å². The van der Waals surface area contributed by atoms with E-state index >= 15 is 0 Å². The van der Waals surface area contributed by atoms with Crippen LogP contribution < -0.4 is 10.4 Å². The van der Waals surface area contributed by atoms with Crippen molar-refractivity contribution in [3.63, 3.8) is 0 Å². The van der Waals surface area contributed by atoms with Crippen molar-refractivity contribution in [3.05, 3.63) is 75.1 Å². The Labute approximate surface area is 152 Å². The largest absolute Gasteiger partial charge is 0.483 e. The highest BCUT2D eigenvalue weighted by atomic mass is 16.5. The lowest BCUT2D eigenvalue weighted by atomic mass is 9.98. The van der Waals surface area contributed by atoms with E-state index in [0.717, 1.165) is 22.1 Å². The number of hydrogen-bond acceptors (Lipinski definition) is 4. The summed E-state index contributed by atoms with van der Waals surface area (Å²) in [5, 5.41) is 0.885. The summed E-state index contributed by atoms with van der Waals surface area (Å²) in [5.74, 6) is 0.499. The molecule has 0 saturated heterocycles. The molecular formula is C22H22O4. The summed E-state index contributed by atoms with van der Waals surface area (Å²) in [7, 11) is 0. The molecule has 1 unspecified atom stereocenters. The second-order valence-electron chi connectivity index (χ2n) is 6.59. The maximum atomic E-state index is 12.6. The van der Waals surface area contributed by atoms with Gasteiger partial charge < -0.3 is 9.15 Å². The van der Waals surface area contributed by atoms with Gasteiger partial charge in [0.2, 0.25) is 0 Å².